The molecule has 0 radical (unpaired) electrons. The SMILES string of the molecule is C#CCN(CC(=O)O)CC1COc2ccccc21. The van der Waals surface area contributed by atoms with Gasteiger partial charge in [-0.25, -0.2) is 0 Å². The Morgan fingerprint density at radius 3 is 3.06 bits per heavy atom. The van der Waals surface area contributed by atoms with Crippen molar-refractivity contribution in [3.05, 3.63) is 29.8 Å². The van der Waals surface area contributed by atoms with Crippen LogP contribution in [-0.4, -0.2) is 42.2 Å². The lowest BCUT2D eigenvalue weighted by Gasteiger charge is -2.20. The number of carbonyl (C=O) groups is 1. The number of fused-ring (bicyclic) bond motifs is 1. The lowest BCUT2D eigenvalue weighted by Crippen LogP contribution is -2.34. The van der Waals surface area contributed by atoms with Crippen molar-refractivity contribution in [3.63, 3.8) is 0 Å². The molecule has 0 aliphatic carbocycles. The molecule has 2 rings (SSSR count). The predicted molar refractivity (Wildman–Crippen MR) is 67.6 cm³/mol. The molecule has 0 fully saturated rings. The summed E-state index contributed by atoms with van der Waals surface area (Å²) < 4.78 is 5.57. The second kappa shape index (κ2) is 5.56. The van der Waals surface area contributed by atoms with Crippen LogP contribution in [0, 0.1) is 12.3 Å². The van der Waals surface area contributed by atoms with Gasteiger partial charge in [0.05, 0.1) is 19.7 Å². The molecule has 1 heterocycles. The first-order chi connectivity index (χ1) is 8.70. The third kappa shape index (κ3) is 2.82. The molecule has 0 aromatic heterocycles. The number of hydrogen-bond acceptors (Lipinski definition) is 3. The van der Waals surface area contributed by atoms with Gasteiger partial charge in [0, 0.05) is 18.0 Å². The number of nitrogens with zero attached hydrogens (tertiary/aromatic N) is 1. The van der Waals surface area contributed by atoms with Gasteiger partial charge < -0.3 is 9.84 Å². The first-order valence-corrected chi connectivity index (χ1v) is 5.80. The smallest absolute Gasteiger partial charge is 0.317 e. The van der Waals surface area contributed by atoms with Crippen molar-refractivity contribution in [1.82, 2.24) is 4.90 Å². The fourth-order valence-electron chi connectivity index (χ4n) is 2.20. The van der Waals surface area contributed by atoms with Crippen molar-refractivity contribution in [2.24, 2.45) is 0 Å². The van der Waals surface area contributed by atoms with Crippen molar-refractivity contribution < 1.29 is 14.6 Å². The van der Waals surface area contributed by atoms with Gasteiger partial charge >= 0.3 is 5.97 Å². The molecule has 0 bridgehead atoms. The molecule has 1 aliphatic rings. The average molecular weight is 245 g/mol. The normalized spacial score (nSPS) is 17.0. The van der Waals surface area contributed by atoms with E-state index in [1.54, 1.807) is 4.90 Å². The lowest BCUT2D eigenvalue weighted by atomic mass is 10.0. The third-order valence-corrected chi connectivity index (χ3v) is 2.95. The fraction of sp³-hybridized carbons (Fsp3) is 0.357. The molecular formula is C14H15NO3. The Hall–Kier alpha value is -1.99. The Bertz CT molecular complexity index is 478. The van der Waals surface area contributed by atoms with Crippen LogP contribution in [0.3, 0.4) is 0 Å². The van der Waals surface area contributed by atoms with Crippen LogP contribution in [0.25, 0.3) is 0 Å². The summed E-state index contributed by atoms with van der Waals surface area (Å²) >= 11 is 0. The number of rotatable bonds is 5. The molecule has 4 nitrogen and oxygen atoms in total. The standard InChI is InChI=1S/C14H15NO3/c1-2-7-15(9-14(16)17)8-11-10-18-13-6-4-3-5-12(11)13/h1,3-6,11H,7-10H2,(H,16,17). The van der Waals surface area contributed by atoms with Gasteiger partial charge in [-0.3, -0.25) is 9.69 Å². The van der Waals surface area contributed by atoms with Crippen LogP contribution in [0.1, 0.15) is 11.5 Å². The highest BCUT2D eigenvalue weighted by Gasteiger charge is 2.26. The summed E-state index contributed by atoms with van der Waals surface area (Å²) in [6, 6.07) is 7.83. The van der Waals surface area contributed by atoms with Crippen molar-refractivity contribution >= 4 is 5.97 Å². The zero-order chi connectivity index (χ0) is 13.0. The Morgan fingerprint density at radius 2 is 2.33 bits per heavy atom. The van der Waals surface area contributed by atoms with Gasteiger partial charge in [-0.05, 0) is 6.07 Å². The second-order valence-corrected chi connectivity index (χ2v) is 4.31. The topological polar surface area (TPSA) is 49.8 Å². The minimum Gasteiger partial charge on any atom is -0.493 e. The summed E-state index contributed by atoms with van der Waals surface area (Å²) in [6.07, 6.45) is 5.26. The molecule has 1 unspecified atom stereocenters. The minimum atomic E-state index is -0.863. The molecule has 94 valence electrons. The molecule has 0 spiro atoms. The van der Waals surface area contributed by atoms with E-state index in [2.05, 4.69) is 5.92 Å². The van der Waals surface area contributed by atoms with E-state index in [4.69, 9.17) is 16.3 Å². The van der Waals surface area contributed by atoms with Gasteiger partial charge in [0.25, 0.3) is 0 Å². The summed E-state index contributed by atoms with van der Waals surface area (Å²) in [5.41, 5.74) is 1.13. The van der Waals surface area contributed by atoms with Crippen molar-refractivity contribution in [1.29, 1.82) is 0 Å². The van der Waals surface area contributed by atoms with Crippen LogP contribution in [0.5, 0.6) is 5.75 Å². The van der Waals surface area contributed by atoms with Crippen LogP contribution in [0.4, 0.5) is 0 Å². The maximum absolute atomic E-state index is 10.8. The molecule has 1 aromatic carbocycles. The van der Waals surface area contributed by atoms with Gasteiger partial charge in [-0.15, -0.1) is 6.42 Å². The molecule has 0 saturated carbocycles. The Kier molecular flexibility index (Phi) is 3.85. The number of hydrogen-bond donors (Lipinski definition) is 1. The predicted octanol–water partition coefficient (Wildman–Crippen LogP) is 1.18. The molecule has 1 N–H and O–H groups in total. The fourth-order valence-corrected chi connectivity index (χ4v) is 2.20. The van der Waals surface area contributed by atoms with Crippen LogP contribution in [-0.2, 0) is 4.79 Å². The monoisotopic (exact) mass is 245 g/mol. The first-order valence-electron chi connectivity index (χ1n) is 5.80. The van der Waals surface area contributed by atoms with Gasteiger partial charge in [0.1, 0.15) is 5.75 Å². The van der Waals surface area contributed by atoms with Gasteiger partial charge in [0.15, 0.2) is 0 Å². The summed E-state index contributed by atoms with van der Waals surface area (Å²) in [5.74, 6) is 2.71. The molecule has 0 saturated heterocycles. The van der Waals surface area contributed by atoms with Gasteiger partial charge in [0.2, 0.25) is 0 Å². The van der Waals surface area contributed by atoms with Crippen molar-refractivity contribution in [3.8, 4) is 18.1 Å². The Balaban J connectivity index is 2.05. The van der Waals surface area contributed by atoms with Crippen LogP contribution >= 0.6 is 0 Å². The summed E-state index contributed by atoms with van der Waals surface area (Å²) in [7, 11) is 0. The molecule has 18 heavy (non-hydrogen) atoms. The summed E-state index contributed by atoms with van der Waals surface area (Å²) in [6.45, 7) is 1.49. The molecule has 1 aromatic rings. The lowest BCUT2D eigenvalue weighted by molar-refractivity contribution is -0.138. The largest absolute Gasteiger partial charge is 0.493 e. The maximum atomic E-state index is 10.8. The Labute approximate surface area is 106 Å². The van der Waals surface area contributed by atoms with E-state index in [1.165, 1.54) is 0 Å². The molecule has 1 atom stereocenters. The number of benzene rings is 1. The maximum Gasteiger partial charge on any atom is 0.317 e. The van der Waals surface area contributed by atoms with Crippen molar-refractivity contribution in [2.45, 2.75) is 5.92 Å². The van der Waals surface area contributed by atoms with Crippen molar-refractivity contribution in [2.75, 3.05) is 26.2 Å². The van der Waals surface area contributed by atoms with Crippen LogP contribution in [0.15, 0.2) is 24.3 Å². The van der Waals surface area contributed by atoms with E-state index in [9.17, 15) is 4.79 Å². The summed E-state index contributed by atoms with van der Waals surface area (Å²) in [4.78, 5) is 12.5. The molecule has 4 heteroatoms. The number of terminal acetylenes is 1. The van der Waals surface area contributed by atoms with Crippen LogP contribution in [0.2, 0.25) is 0 Å². The van der Waals surface area contributed by atoms with Gasteiger partial charge in [-0.1, -0.05) is 24.1 Å². The summed E-state index contributed by atoms with van der Waals surface area (Å²) in [5, 5.41) is 8.84. The second-order valence-electron chi connectivity index (χ2n) is 4.31. The molecular weight excluding hydrogens is 230 g/mol. The number of carboxylic acids is 1. The number of aliphatic carboxylic acids is 1. The van der Waals surface area contributed by atoms with E-state index in [-0.39, 0.29) is 12.5 Å². The van der Waals surface area contributed by atoms with Gasteiger partial charge in [-0.2, -0.15) is 0 Å². The third-order valence-electron chi connectivity index (χ3n) is 2.95. The highest BCUT2D eigenvalue weighted by molar-refractivity contribution is 5.69. The van der Waals surface area contributed by atoms with E-state index >= 15 is 0 Å². The number of para-hydroxylation sites is 1. The highest BCUT2D eigenvalue weighted by Crippen LogP contribution is 2.33. The van der Waals surface area contributed by atoms with Crippen LogP contribution < -0.4 is 4.74 Å². The zero-order valence-electron chi connectivity index (χ0n) is 10.0. The highest BCUT2D eigenvalue weighted by atomic mass is 16.5. The van der Waals surface area contributed by atoms with E-state index in [1.807, 2.05) is 24.3 Å². The number of ether oxygens (including phenoxy) is 1. The quantitative estimate of drug-likeness (QED) is 0.791. The van der Waals surface area contributed by atoms with E-state index in [0.29, 0.717) is 19.7 Å². The van der Waals surface area contributed by atoms with E-state index in [0.717, 1.165) is 11.3 Å². The Morgan fingerprint density at radius 1 is 1.56 bits per heavy atom. The first kappa shape index (κ1) is 12.5. The van der Waals surface area contributed by atoms with E-state index < -0.39 is 5.97 Å². The average Bonchev–Trinajstić information content (AvgIpc) is 2.72. The zero-order valence-corrected chi connectivity index (χ0v) is 10.0. The molecule has 1 aliphatic heterocycles. The minimum absolute atomic E-state index is 0.0388. The number of carboxylic acid groups (broad SMARTS) is 1. The molecule has 0 amide bonds.